The lowest BCUT2D eigenvalue weighted by atomic mass is 10.1. The van der Waals surface area contributed by atoms with Crippen molar-refractivity contribution < 1.29 is 18.3 Å². The second-order valence-electron chi connectivity index (χ2n) is 4.90. The van der Waals surface area contributed by atoms with E-state index in [-0.39, 0.29) is 5.75 Å². The number of benzene rings is 1. The molecule has 0 unspecified atom stereocenters. The fraction of sp³-hybridized carbons (Fsp3) is 0.538. The van der Waals surface area contributed by atoms with Crippen LogP contribution in [0.1, 0.15) is 5.56 Å². The zero-order valence-corrected chi connectivity index (χ0v) is 11.6. The standard InChI is InChI=1S/C13H16ClF3N2O/c14-11-2-1-3-12(20)10(11)8-18-4-6-19(7-5-18)9-13(15,16)17/h1-3,20H,4-9H2. The number of piperazine rings is 1. The Morgan fingerprint density at radius 2 is 1.70 bits per heavy atom. The summed E-state index contributed by atoms with van der Waals surface area (Å²) in [6.07, 6.45) is -4.15. The zero-order valence-electron chi connectivity index (χ0n) is 10.8. The Hall–Kier alpha value is -0.980. The van der Waals surface area contributed by atoms with E-state index in [9.17, 15) is 18.3 Å². The Morgan fingerprint density at radius 1 is 1.10 bits per heavy atom. The minimum Gasteiger partial charge on any atom is -0.508 e. The first-order valence-electron chi connectivity index (χ1n) is 6.33. The Bertz CT molecular complexity index is 439. The van der Waals surface area contributed by atoms with Crippen molar-refractivity contribution in [2.75, 3.05) is 32.7 Å². The molecule has 0 radical (unpaired) electrons. The topological polar surface area (TPSA) is 26.7 Å². The van der Waals surface area contributed by atoms with Gasteiger partial charge in [0.25, 0.3) is 0 Å². The van der Waals surface area contributed by atoms with Gasteiger partial charge in [0.2, 0.25) is 0 Å². The third-order valence-corrected chi connectivity index (χ3v) is 3.70. The maximum atomic E-state index is 12.3. The number of phenolic OH excluding ortho intramolecular Hbond substituents is 1. The minimum atomic E-state index is -4.15. The molecule has 0 spiro atoms. The van der Waals surface area contributed by atoms with Gasteiger partial charge < -0.3 is 5.11 Å². The van der Waals surface area contributed by atoms with Gasteiger partial charge >= 0.3 is 6.18 Å². The van der Waals surface area contributed by atoms with E-state index in [2.05, 4.69) is 0 Å². The molecule has 1 aliphatic heterocycles. The van der Waals surface area contributed by atoms with Gasteiger partial charge in [-0.25, -0.2) is 0 Å². The van der Waals surface area contributed by atoms with Crippen molar-refractivity contribution in [2.45, 2.75) is 12.7 Å². The first-order valence-corrected chi connectivity index (χ1v) is 6.71. The van der Waals surface area contributed by atoms with E-state index in [0.29, 0.717) is 43.3 Å². The van der Waals surface area contributed by atoms with E-state index >= 15 is 0 Å². The van der Waals surface area contributed by atoms with Gasteiger partial charge in [0.15, 0.2) is 0 Å². The van der Waals surface area contributed by atoms with Gasteiger partial charge in [0, 0.05) is 43.3 Å². The van der Waals surface area contributed by atoms with Gasteiger partial charge in [-0.1, -0.05) is 17.7 Å². The summed E-state index contributed by atoms with van der Waals surface area (Å²) < 4.78 is 36.9. The molecule has 3 nitrogen and oxygen atoms in total. The Balaban J connectivity index is 1.89. The van der Waals surface area contributed by atoms with Crippen molar-refractivity contribution in [1.82, 2.24) is 9.80 Å². The molecule has 1 fully saturated rings. The van der Waals surface area contributed by atoms with Crippen LogP contribution in [0.2, 0.25) is 5.02 Å². The number of nitrogens with zero attached hydrogens (tertiary/aromatic N) is 2. The van der Waals surface area contributed by atoms with E-state index in [1.165, 1.54) is 4.90 Å². The normalized spacial score (nSPS) is 18.4. The van der Waals surface area contributed by atoms with Crippen LogP contribution in [-0.4, -0.2) is 53.8 Å². The van der Waals surface area contributed by atoms with Crippen LogP contribution in [0.25, 0.3) is 0 Å². The number of halogens is 4. The van der Waals surface area contributed by atoms with E-state index in [4.69, 9.17) is 11.6 Å². The Kier molecular flexibility index (Phi) is 4.78. The Morgan fingerprint density at radius 3 is 2.25 bits per heavy atom. The van der Waals surface area contributed by atoms with Crippen LogP contribution >= 0.6 is 11.6 Å². The lowest BCUT2D eigenvalue weighted by Gasteiger charge is -2.35. The molecule has 20 heavy (non-hydrogen) atoms. The van der Waals surface area contributed by atoms with Gasteiger partial charge in [-0.05, 0) is 12.1 Å². The lowest BCUT2D eigenvalue weighted by Crippen LogP contribution is -2.48. The number of alkyl halides is 3. The van der Waals surface area contributed by atoms with Crippen molar-refractivity contribution in [2.24, 2.45) is 0 Å². The van der Waals surface area contributed by atoms with Gasteiger partial charge in [-0.2, -0.15) is 13.2 Å². The molecule has 0 amide bonds. The molecular formula is C13H16ClF3N2O. The van der Waals surface area contributed by atoms with E-state index in [1.54, 1.807) is 18.2 Å². The van der Waals surface area contributed by atoms with Crippen LogP contribution in [-0.2, 0) is 6.54 Å². The molecule has 0 atom stereocenters. The van der Waals surface area contributed by atoms with Gasteiger partial charge in [-0.3, -0.25) is 9.80 Å². The molecule has 0 saturated carbocycles. The van der Waals surface area contributed by atoms with Crippen LogP contribution < -0.4 is 0 Å². The van der Waals surface area contributed by atoms with Gasteiger partial charge in [0.1, 0.15) is 5.75 Å². The summed E-state index contributed by atoms with van der Waals surface area (Å²) >= 11 is 6.02. The minimum absolute atomic E-state index is 0.121. The summed E-state index contributed by atoms with van der Waals surface area (Å²) in [4.78, 5) is 3.39. The first kappa shape index (κ1) is 15.4. The van der Waals surface area contributed by atoms with Crippen LogP contribution in [0.5, 0.6) is 5.75 Å². The fourth-order valence-electron chi connectivity index (χ4n) is 2.29. The molecule has 7 heteroatoms. The summed E-state index contributed by atoms with van der Waals surface area (Å²) in [5.41, 5.74) is 0.624. The number of hydrogen-bond donors (Lipinski definition) is 1. The summed E-state index contributed by atoms with van der Waals surface area (Å²) in [5, 5.41) is 10.2. The summed E-state index contributed by atoms with van der Waals surface area (Å²) in [7, 11) is 0. The lowest BCUT2D eigenvalue weighted by molar-refractivity contribution is -0.149. The SMILES string of the molecule is Oc1cccc(Cl)c1CN1CCN(CC(F)(F)F)CC1. The highest BCUT2D eigenvalue weighted by Crippen LogP contribution is 2.27. The summed E-state index contributed by atoms with van der Waals surface area (Å²) in [6.45, 7) is 1.38. The number of aromatic hydroxyl groups is 1. The molecular weight excluding hydrogens is 293 g/mol. The molecule has 1 heterocycles. The molecule has 2 rings (SSSR count). The predicted molar refractivity (Wildman–Crippen MR) is 70.9 cm³/mol. The molecule has 0 aliphatic carbocycles. The molecule has 112 valence electrons. The molecule has 1 aromatic rings. The predicted octanol–water partition coefficient (Wildman–Crippen LogP) is 2.73. The monoisotopic (exact) mass is 308 g/mol. The van der Waals surface area contributed by atoms with Gasteiger partial charge in [-0.15, -0.1) is 0 Å². The molecule has 0 aromatic heterocycles. The van der Waals surface area contributed by atoms with Crippen molar-refractivity contribution in [3.8, 4) is 5.75 Å². The quantitative estimate of drug-likeness (QED) is 0.930. The maximum absolute atomic E-state index is 12.3. The number of rotatable bonds is 3. The van der Waals surface area contributed by atoms with Crippen LogP contribution in [0.15, 0.2) is 18.2 Å². The van der Waals surface area contributed by atoms with E-state index < -0.39 is 12.7 Å². The third-order valence-electron chi connectivity index (χ3n) is 3.34. The second kappa shape index (κ2) is 6.20. The van der Waals surface area contributed by atoms with E-state index in [0.717, 1.165) is 0 Å². The zero-order chi connectivity index (χ0) is 14.8. The average Bonchev–Trinajstić information content (AvgIpc) is 2.34. The molecule has 0 bridgehead atoms. The maximum Gasteiger partial charge on any atom is 0.401 e. The third kappa shape index (κ3) is 4.26. The Labute approximate surface area is 120 Å². The van der Waals surface area contributed by atoms with E-state index in [1.807, 2.05) is 4.90 Å². The summed E-state index contributed by atoms with van der Waals surface area (Å²) in [6, 6.07) is 4.90. The second-order valence-corrected chi connectivity index (χ2v) is 5.31. The first-order chi connectivity index (χ1) is 9.35. The smallest absolute Gasteiger partial charge is 0.401 e. The molecule has 1 saturated heterocycles. The van der Waals surface area contributed by atoms with Crippen molar-refractivity contribution in [1.29, 1.82) is 0 Å². The highest BCUT2D eigenvalue weighted by molar-refractivity contribution is 6.31. The van der Waals surface area contributed by atoms with Crippen LogP contribution in [0, 0.1) is 0 Å². The van der Waals surface area contributed by atoms with Gasteiger partial charge in [0.05, 0.1) is 6.54 Å². The van der Waals surface area contributed by atoms with Crippen molar-refractivity contribution >= 4 is 11.6 Å². The van der Waals surface area contributed by atoms with Crippen molar-refractivity contribution in [3.63, 3.8) is 0 Å². The number of hydrogen-bond acceptors (Lipinski definition) is 3. The van der Waals surface area contributed by atoms with Crippen LogP contribution in [0.4, 0.5) is 13.2 Å². The summed E-state index contributed by atoms with van der Waals surface area (Å²) in [5.74, 6) is 0.121. The number of phenols is 1. The van der Waals surface area contributed by atoms with Crippen molar-refractivity contribution in [3.05, 3.63) is 28.8 Å². The molecule has 1 aromatic carbocycles. The fourth-order valence-corrected chi connectivity index (χ4v) is 2.52. The highest BCUT2D eigenvalue weighted by Gasteiger charge is 2.32. The van der Waals surface area contributed by atoms with Crippen LogP contribution in [0.3, 0.4) is 0 Å². The molecule has 1 aliphatic rings. The largest absolute Gasteiger partial charge is 0.508 e. The average molecular weight is 309 g/mol. The highest BCUT2D eigenvalue weighted by atomic mass is 35.5. The molecule has 1 N–H and O–H groups in total.